The van der Waals surface area contributed by atoms with Crippen LogP contribution in [0.25, 0.3) is 0 Å². The lowest BCUT2D eigenvalue weighted by atomic mass is 9.66. The van der Waals surface area contributed by atoms with Crippen molar-refractivity contribution in [1.82, 2.24) is 0 Å². The minimum atomic E-state index is 0.121. The summed E-state index contributed by atoms with van der Waals surface area (Å²) in [7, 11) is 0. The van der Waals surface area contributed by atoms with Crippen LogP contribution in [-0.4, -0.2) is 23.4 Å². The number of rotatable bonds is 3. The molecule has 2 rings (SSSR count). The largest absolute Gasteiger partial charge is 0.396 e. The van der Waals surface area contributed by atoms with Crippen LogP contribution in [0.5, 0.6) is 0 Å². The molecule has 3 atom stereocenters. The molecule has 0 spiro atoms. The molecule has 0 saturated heterocycles. The highest BCUT2D eigenvalue weighted by atomic mass is 16.3. The molecule has 3 unspecified atom stereocenters. The van der Waals surface area contributed by atoms with Crippen molar-refractivity contribution in [3.8, 4) is 0 Å². The predicted octanol–water partition coefficient (Wildman–Crippen LogP) is 2.75. The molecule has 2 aliphatic rings. The van der Waals surface area contributed by atoms with E-state index in [1.165, 1.54) is 18.4 Å². The van der Waals surface area contributed by atoms with Gasteiger partial charge in [0.25, 0.3) is 0 Å². The van der Waals surface area contributed by atoms with Crippen molar-refractivity contribution in [3.63, 3.8) is 0 Å². The molecule has 1 fully saturated rings. The molecular formula is C15H26O2. The second kappa shape index (κ2) is 4.40. The molecule has 0 aromatic heterocycles. The summed E-state index contributed by atoms with van der Waals surface area (Å²) in [6.07, 6.45) is 6.83. The second-order valence-corrected chi connectivity index (χ2v) is 6.75. The summed E-state index contributed by atoms with van der Waals surface area (Å²) in [5, 5.41) is 18.9. The number of aliphatic hydroxyl groups is 2. The summed E-state index contributed by atoms with van der Waals surface area (Å²) >= 11 is 0. The Morgan fingerprint density at radius 3 is 2.53 bits per heavy atom. The lowest BCUT2D eigenvalue weighted by molar-refractivity contribution is 0.106. The van der Waals surface area contributed by atoms with E-state index in [2.05, 4.69) is 26.8 Å². The molecule has 2 aliphatic carbocycles. The van der Waals surface area contributed by atoms with Crippen LogP contribution in [0.4, 0.5) is 0 Å². The van der Waals surface area contributed by atoms with Gasteiger partial charge in [-0.2, -0.15) is 0 Å². The van der Waals surface area contributed by atoms with E-state index < -0.39 is 0 Å². The molecule has 2 bridgehead atoms. The Balaban J connectivity index is 2.40. The number of fused-ring (bicyclic) bond motifs is 2. The fourth-order valence-corrected chi connectivity index (χ4v) is 4.22. The first-order chi connectivity index (χ1) is 7.95. The van der Waals surface area contributed by atoms with E-state index in [1.54, 1.807) is 0 Å². The number of aliphatic hydroxyl groups excluding tert-OH is 2. The zero-order chi connectivity index (χ0) is 12.7. The van der Waals surface area contributed by atoms with Crippen LogP contribution in [0, 0.1) is 22.7 Å². The summed E-state index contributed by atoms with van der Waals surface area (Å²) < 4.78 is 0. The monoisotopic (exact) mass is 238 g/mol. The maximum Gasteiger partial charge on any atom is 0.0647 e. The van der Waals surface area contributed by atoms with Crippen molar-refractivity contribution >= 4 is 0 Å². The van der Waals surface area contributed by atoms with Crippen molar-refractivity contribution in [2.24, 2.45) is 22.7 Å². The Hall–Kier alpha value is -0.340. The van der Waals surface area contributed by atoms with Gasteiger partial charge in [-0.1, -0.05) is 33.3 Å². The molecule has 17 heavy (non-hydrogen) atoms. The van der Waals surface area contributed by atoms with Crippen molar-refractivity contribution in [2.75, 3.05) is 13.2 Å². The summed E-state index contributed by atoms with van der Waals surface area (Å²) in [6, 6.07) is 0. The molecule has 0 aromatic rings. The van der Waals surface area contributed by atoms with Crippen LogP contribution >= 0.6 is 0 Å². The van der Waals surface area contributed by atoms with Gasteiger partial charge in [-0.05, 0) is 47.5 Å². The first kappa shape index (κ1) is 13.1. The van der Waals surface area contributed by atoms with Gasteiger partial charge in [0.15, 0.2) is 0 Å². The van der Waals surface area contributed by atoms with E-state index >= 15 is 0 Å². The molecule has 0 aliphatic heterocycles. The third kappa shape index (κ3) is 1.96. The molecular weight excluding hydrogens is 212 g/mol. The highest BCUT2D eigenvalue weighted by Gasteiger charge is 2.51. The minimum absolute atomic E-state index is 0.121. The zero-order valence-electron chi connectivity index (χ0n) is 11.4. The minimum Gasteiger partial charge on any atom is -0.396 e. The van der Waals surface area contributed by atoms with Crippen molar-refractivity contribution in [1.29, 1.82) is 0 Å². The lowest BCUT2D eigenvalue weighted by Gasteiger charge is -2.38. The number of hydrogen-bond acceptors (Lipinski definition) is 2. The van der Waals surface area contributed by atoms with Gasteiger partial charge in [0, 0.05) is 6.61 Å². The van der Waals surface area contributed by atoms with Crippen molar-refractivity contribution < 1.29 is 10.2 Å². The summed E-state index contributed by atoms with van der Waals surface area (Å²) in [5.41, 5.74) is 1.64. The third-order valence-electron chi connectivity index (χ3n) is 5.40. The molecule has 2 N–H and O–H groups in total. The average Bonchev–Trinajstić information content (AvgIpc) is 2.48. The van der Waals surface area contributed by atoms with Crippen LogP contribution in [0.2, 0.25) is 0 Å². The van der Waals surface area contributed by atoms with E-state index in [-0.39, 0.29) is 18.6 Å². The van der Waals surface area contributed by atoms with E-state index in [9.17, 15) is 10.2 Å². The van der Waals surface area contributed by atoms with E-state index in [4.69, 9.17) is 0 Å². The third-order valence-corrected chi connectivity index (χ3v) is 5.40. The average molecular weight is 238 g/mol. The van der Waals surface area contributed by atoms with Gasteiger partial charge in [0.1, 0.15) is 0 Å². The maximum absolute atomic E-state index is 9.60. The molecule has 98 valence electrons. The summed E-state index contributed by atoms with van der Waals surface area (Å²) in [5.74, 6) is 1.02. The topological polar surface area (TPSA) is 40.5 Å². The molecule has 1 saturated carbocycles. The van der Waals surface area contributed by atoms with E-state index in [0.29, 0.717) is 17.3 Å². The van der Waals surface area contributed by atoms with Crippen molar-refractivity contribution in [3.05, 3.63) is 11.6 Å². The Morgan fingerprint density at radius 2 is 1.94 bits per heavy atom. The Morgan fingerprint density at radius 1 is 1.24 bits per heavy atom. The maximum atomic E-state index is 9.60. The summed E-state index contributed by atoms with van der Waals surface area (Å²) in [4.78, 5) is 0. The van der Waals surface area contributed by atoms with Crippen molar-refractivity contribution in [2.45, 2.75) is 46.5 Å². The normalized spacial score (nSPS) is 39.9. The van der Waals surface area contributed by atoms with Gasteiger partial charge in [0.2, 0.25) is 0 Å². The van der Waals surface area contributed by atoms with Gasteiger partial charge >= 0.3 is 0 Å². The first-order valence-electron chi connectivity index (χ1n) is 6.88. The fraction of sp³-hybridized carbons (Fsp3) is 0.867. The number of hydrogen-bond donors (Lipinski definition) is 2. The van der Waals surface area contributed by atoms with Gasteiger partial charge in [-0.25, -0.2) is 0 Å². The highest BCUT2D eigenvalue weighted by Crippen LogP contribution is 2.59. The number of allylic oxidation sites excluding steroid dienone is 1. The SMILES string of the molecule is CC1(C)CCCC2(C)C(CO)=CC1C2CCO. The quantitative estimate of drug-likeness (QED) is 0.742. The molecule has 0 heterocycles. The van der Waals surface area contributed by atoms with E-state index in [0.717, 1.165) is 12.8 Å². The molecule has 2 heteroatoms. The Kier molecular flexibility index (Phi) is 3.39. The van der Waals surface area contributed by atoms with Gasteiger partial charge in [-0.3, -0.25) is 0 Å². The van der Waals surface area contributed by atoms with Gasteiger partial charge in [-0.15, -0.1) is 0 Å². The molecule has 0 aromatic carbocycles. The van der Waals surface area contributed by atoms with E-state index in [1.807, 2.05) is 0 Å². The summed E-state index contributed by atoms with van der Waals surface area (Å²) in [6.45, 7) is 7.41. The first-order valence-corrected chi connectivity index (χ1v) is 6.88. The smallest absolute Gasteiger partial charge is 0.0647 e. The Bertz CT molecular complexity index is 319. The van der Waals surface area contributed by atoms with Crippen LogP contribution in [-0.2, 0) is 0 Å². The van der Waals surface area contributed by atoms with Gasteiger partial charge < -0.3 is 10.2 Å². The fourth-order valence-electron chi connectivity index (χ4n) is 4.22. The second-order valence-electron chi connectivity index (χ2n) is 6.75. The van der Waals surface area contributed by atoms with Crippen LogP contribution < -0.4 is 0 Å². The predicted molar refractivity (Wildman–Crippen MR) is 69.6 cm³/mol. The molecule has 0 amide bonds. The molecule has 0 radical (unpaired) electrons. The molecule has 2 nitrogen and oxygen atoms in total. The Labute approximate surface area is 105 Å². The van der Waals surface area contributed by atoms with Crippen LogP contribution in [0.15, 0.2) is 11.6 Å². The van der Waals surface area contributed by atoms with Gasteiger partial charge in [0.05, 0.1) is 6.61 Å². The van der Waals surface area contributed by atoms with Crippen LogP contribution in [0.3, 0.4) is 0 Å². The lowest BCUT2D eigenvalue weighted by Crippen LogP contribution is -2.33. The van der Waals surface area contributed by atoms with Crippen LogP contribution in [0.1, 0.15) is 46.5 Å². The highest BCUT2D eigenvalue weighted by molar-refractivity contribution is 5.27. The zero-order valence-corrected chi connectivity index (χ0v) is 11.4. The standard InChI is InChI=1S/C15H26O2/c1-14(2)6-4-7-15(3)11(10-17)9-13(14)12(15)5-8-16/h9,12-13,16-17H,4-8,10H2,1-3H3.